The van der Waals surface area contributed by atoms with Gasteiger partial charge in [0.2, 0.25) is 12.0 Å². The van der Waals surface area contributed by atoms with E-state index in [1.165, 1.54) is 6.92 Å². The Morgan fingerprint density at radius 3 is 2.66 bits per heavy atom. The van der Waals surface area contributed by atoms with Crippen LogP contribution in [0.15, 0.2) is 23.4 Å². The molecule has 1 N–H and O–H groups in total. The highest BCUT2D eigenvalue weighted by molar-refractivity contribution is 6.00. The molecule has 0 radical (unpaired) electrons. The summed E-state index contributed by atoms with van der Waals surface area (Å²) in [5.41, 5.74) is 1.34. The highest BCUT2D eigenvalue weighted by Crippen LogP contribution is 2.37. The molecule has 1 aliphatic heterocycles. The fourth-order valence-corrected chi connectivity index (χ4v) is 3.71. The molecule has 1 aromatic rings. The molecule has 1 saturated carbocycles. The highest BCUT2D eigenvalue weighted by atomic mass is 16.7. The molecule has 0 spiro atoms. The van der Waals surface area contributed by atoms with Crippen molar-refractivity contribution < 1.29 is 28.6 Å². The van der Waals surface area contributed by atoms with Crippen molar-refractivity contribution in [3.63, 3.8) is 0 Å². The summed E-state index contributed by atoms with van der Waals surface area (Å²) < 4.78 is 16.8. The van der Waals surface area contributed by atoms with Gasteiger partial charge in [0.25, 0.3) is 0 Å². The molecule has 0 aromatic heterocycles. The standard InChI is InChI=1S/C21H28N2O6/c1-4-27-21(25)20-19(16(23-29-20)12-22-13(2)24)14-9-10-17(26-3)18(11-14)28-15-7-5-6-8-15/h9-11,15,19-20H,4-8,12H2,1-3H3,(H,22,24)/t19-,20-/m0/s1. The van der Waals surface area contributed by atoms with Gasteiger partial charge >= 0.3 is 5.97 Å². The van der Waals surface area contributed by atoms with E-state index in [4.69, 9.17) is 19.0 Å². The van der Waals surface area contributed by atoms with Gasteiger partial charge < -0.3 is 24.4 Å². The lowest BCUT2D eigenvalue weighted by Gasteiger charge is -2.21. The van der Waals surface area contributed by atoms with Crippen LogP contribution >= 0.6 is 0 Å². The van der Waals surface area contributed by atoms with E-state index in [-0.39, 0.29) is 25.2 Å². The number of carbonyl (C=O) groups is 2. The molecule has 0 bridgehead atoms. The molecule has 1 aromatic carbocycles. The summed E-state index contributed by atoms with van der Waals surface area (Å²) >= 11 is 0. The first kappa shape index (κ1) is 21.0. The first-order valence-electron chi connectivity index (χ1n) is 10.0. The lowest BCUT2D eigenvalue weighted by molar-refractivity contribution is -0.155. The zero-order chi connectivity index (χ0) is 20.8. The first-order chi connectivity index (χ1) is 14.0. The molecule has 29 heavy (non-hydrogen) atoms. The lowest BCUT2D eigenvalue weighted by Crippen LogP contribution is -2.36. The summed E-state index contributed by atoms with van der Waals surface area (Å²) in [5, 5.41) is 6.77. The van der Waals surface area contributed by atoms with Gasteiger partial charge in [-0.15, -0.1) is 0 Å². The summed E-state index contributed by atoms with van der Waals surface area (Å²) in [6, 6.07) is 5.54. The number of carbonyl (C=O) groups excluding carboxylic acids is 2. The summed E-state index contributed by atoms with van der Waals surface area (Å²) in [7, 11) is 1.60. The molecule has 1 amide bonds. The van der Waals surface area contributed by atoms with Crippen LogP contribution in [0, 0.1) is 0 Å². The number of nitrogens with zero attached hydrogens (tertiary/aromatic N) is 1. The topological polar surface area (TPSA) is 95.5 Å². The quantitative estimate of drug-likeness (QED) is 0.669. The molecule has 1 aliphatic carbocycles. The molecule has 2 aliphatic rings. The Hall–Kier alpha value is -2.77. The second-order valence-corrected chi connectivity index (χ2v) is 7.18. The van der Waals surface area contributed by atoms with Crippen molar-refractivity contribution in [3.05, 3.63) is 23.8 Å². The Morgan fingerprint density at radius 2 is 2.00 bits per heavy atom. The summed E-state index contributed by atoms with van der Waals surface area (Å²) in [6.07, 6.45) is 3.59. The number of oxime groups is 1. The Morgan fingerprint density at radius 1 is 1.24 bits per heavy atom. The van der Waals surface area contributed by atoms with Crippen molar-refractivity contribution in [2.45, 2.75) is 57.7 Å². The summed E-state index contributed by atoms with van der Waals surface area (Å²) in [4.78, 5) is 29.2. The molecule has 8 nitrogen and oxygen atoms in total. The van der Waals surface area contributed by atoms with Crippen LogP contribution < -0.4 is 14.8 Å². The average molecular weight is 404 g/mol. The second kappa shape index (κ2) is 9.62. The predicted molar refractivity (Wildman–Crippen MR) is 106 cm³/mol. The predicted octanol–water partition coefficient (Wildman–Crippen LogP) is 2.55. The minimum Gasteiger partial charge on any atom is -0.493 e. The van der Waals surface area contributed by atoms with E-state index in [1.807, 2.05) is 18.2 Å². The average Bonchev–Trinajstić information content (AvgIpc) is 3.36. The monoisotopic (exact) mass is 404 g/mol. The number of rotatable bonds is 8. The van der Waals surface area contributed by atoms with Crippen molar-refractivity contribution >= 4 is 17.6 Å². The number of hydrogen-bond acceptors (Lipinski definition) is 7. The zero-order valence-electron chi connectivity index (χ0n) is 17.1. The number of hydrogen-bond donors (Lipinski definition) is 1. The van der Waals surface area contributed by atoms with Gasteiger partial charge in [0.15, 0.2) is 11.5 Å². The third-order valence-electron chi connectivity index (χ3n) is 5.13. The SMILES string of the molecule is CCOC(=O)[C@H]1ON=C(CNC(C)=O)[C@@H]1c1ccc(OC)c(OC2CCCC2)c1. The number of nitrogens with one attached hydrogen (secondary N) is 1. The molecule has 2 atom stereocenters. The van der Waals surface area contributed by atoms with Crippen LogP contribution in [0.2, 0.25) is 0 Å². The van der Waals surface area contributed by atoms with Crippen LogP contribution in [-0.4, -0.2) is 50.1 Å². The Bertz CT molecular complexity index is 772. The number of ether oxygens (including phenoxy) is 3. The van der Waals surface area contributed by atoms with E-state index >= 15 is 0 Å². The highest BCUT2D eigenvalue weighted by Gasteiger charge is 2.42. The molecule has 8 heteroatoms. The fourth-order valence-electron chi connectivity index (χ4n) is 3.71. The normalized spacial score (nSPS) is 21.3. The zero-order valence-corrected chi connectivity index (χ0v) is 17.1. The molecule has 1 heterocycles. The second-order valence-electron chi connectivity index (χ2n) is 7.18. The summed E-state index contributed by atoms with van der Waals surface area (Å²) in [5.74, 6) is 0.0924. The molecule has 0 unspecified atom stereocenters. The van der Waals surface area contributed by atoms with E-state index in [0.717, 1.165) is 31.2 Å². The first-order valence-corrected chi connectivity index (χ1v) is 10.0. The third-order valence-corrected chi connectivity index (χ3v) is 5.13. The van der Waals surface area contributed by atoms with Gasteiger partial charge in [0.05, 0.1) is 38.0 Å². The van der Waals surface area contributed by atoms with E-state index in [9.17, 15) is 9.59 Å². The molecule has 158 valence electrons. The molecule has 1 fully saturated rings. The number of methoxy groups -OCH3 is 1. The molecular formula is C21H28N2O6. The van der Waals surface area contributed by atoms with Gasteiger partial charge in [-0.2, -0.15) is 0 Å². The Kier molecular flexibility index (Phi) is 6.95. The summed E-state index contributed by atoms with van der Waals surface area (Å²) in [6.45, 7) is 3.59. The molecular weight excluding hydrogens is 376 g/mol. The van der Waals surface area contributed by atoms with Crippen LogP contribution in [0.4, 0.5) is 0 Å². The van der Waals surface area contributed by atoms with Crippen LogP contribution in [0.3, 0.4) is 0 Å². The minimum atomic E-state index is -0.911. The van der Waals surface area contributed by atoms with Gasteiger partial charge in [-0.05, 0) is 50.3 Å². The number of benzene rings is 1. The molecule has 0 saturated heterocycles. The van der Waals surface area contributed by atoms with Gasteiger partial charge in [0.1, 0.15) is 0 Å². The maximum Gasteiger partial charge on any atom is 0.351 e. The molecule has 3 rings (SSSR count). The van der Waals surface area contributed by atoms with E-state index in [1.54, 1.807) is 14.0 Å². The van der Waals surface area contributed by atoms with Crippen LogP contribution in [-0.2, 0) is 19.2 Å². The van der Waals surface area contributed by atoms with Crippen LogP contribution in [0.1, 0.15) is 51.0 Å². The van der Waals surface area contributed by atoms with Gasteiger partial charge in [-0.3, -0.25) is 4.79 Å². The van der Waals surface area contributed by atoms with Crippen molar-refractivity contribution in [2.75, 3.05) is 20.3 Å². The van der Waals surface area contributed by atoms with Gasteiger partial charge in [-0.25, -0.2) is 4.79 Å². The Labute approximate surface area is 170 Å². The van der Waals surface area contributed by atoms with E-state index in [2.05, 4.69) is 10.5 Å². The van der Waals surface area contributed by atoms with Crippen molar-refractivity contribution in [1.82, 2.24) is 5.32 Å². The lowest BCUT2D eigenvalue weighted by atomic mass is 9.89. The maximum absolute atomic E-state index is 12.4. The van der Waals surface area contributed by atoms with Crippen LogP contribution in [0.5, 0.6) is 11.5 Å². The van der Waals surface area contributed by atoms with Crippen molar-refractivity contribution in [2.24, 2.45) is 5.16 Å². The van der Waals surface area contributed by atoms with Gasteiger partial charge in [-0.1, -0.05) is 11.2 Å². The van der Waals surface area contributed by atoms with Crippen molar-refractivity contribution in [1.29, 1.82) is 0 Å². The Balaban J connectivity index is 1.90. The maximum atomic E-state index is 12.4. The van der Waals surface area contributed by atoms with E-state index in [0.29, 0.717) is 17.2 Å². The smallest absolute Gasteiger partial charge is 0.351 e. The van der Waals surface area contributed by atoms with Crippen molar-refractivity contribution in [3.8, 4) is 11.5 Å². The van der Waals surface area contributed by atoms with Crippen LogP contribution in [0.25, 0.3) is 0 Å². The van der Waals surface area contributed by atoms with Gasteiger partial charge in [0, 0.05) is 6.92 Å². The third kappa shape index (κ3) is 4.99. The largest absolute Gasteiger partial charge is 0.493 e. The van der Waals surface area contributed by atoms with E-state index < -0.39 is 18.0 Å². The fraction of sp³-hybridized carbons (Fsp3) is 0.571. The number of esters is 1. The number of amides is 1. The minimum absolute atomic E-state index is 0.160.